The molecule has 0 spiro atoms. The van der Waals surface area contributed by atoms with E-state index in [1.165, 1.54) is 0 Å². The molecule has 0 amide bonds. The molecule has 22 heavy (non-hydrogen) atoms. The SMILES string of the molecule is C=C.CCCCc1ccc(C(=O)OCCCC(F)(F)F)cc1. The summed E-state index contributed by atoms with van der Waals surface area (Å²) in [6.45, 7) is 7.89. The lowest BCUT2D eigenvalue weighted by atomic mass is 10.1. The minimum atomic E-state index is -4.20. The average molecular weight is 316 g/mol. The van der Waals surface area contributed by atoms with E-state index in [1.807, 2.05) is 12.1 Å². The summed E-state index contributed by atoms with van der Waals surface area (Å²) in [6.07, 6.45) is -2.20. The number of aryl methyl sites for hydroxylation is 1. The van der Waals surface area contributed by atoms with Gasteiger partial charge in [-0.25, -0.2) is 4.79 Å². The Labute approximate surface area is 130 Å². The molecular formula is C17H23F3O2. The molecule has 1 aromatic rings. The van der Waals surface area contributed by atoms with Crippen molar-refractivity contribution < 1.29 is 22.7 Å². The standard InChI is InChI=1S/C15H19F3O2.C2H4/c1-2-3-5-12-6-8-13(9-7-12)14(19)20-11-4-10-15(16,17)18;1-2/h6-9H,2-5,10-11H2,1H3;1-2H2. The van der Waals surface area contributed by atoms with Gasteiger partial charge in [-0.1, -0.05) is 25.5 Å². The number of carbonyl (C=O) groups is 1. The number of halogens is 3. The van der Waals surface area contributed by atoms with E-state index in [1.54, 1.807) is 12.1 Å². The second kappa shape index (κ2) is 10.9. The van der Waals surface area contributed by atoms with Crippen LogP contribution < -0.4 is 0 Å². The van der Waals surface area contributed by atoms with Crippen LogP contribution in [-0.2, 0) is 11.2 Å². The van der Waals surface area contributed by atoms with Gasteiger partial charge in [0.25, 0.3) is 0 Å². The molecule has 0 saturated carbocycles. The molecule has 0 aliphatic heterocycles. The summed E-state index contributed by atoms with van der Waals surface area (Å²) in [5, 5.41) is 0. The van der Waals surface area contributed by atoms with Crippen LogP contribution in [0.2, 0.25) is 0 Å². The van der Waals surface area contributed by atoms with Crippen LogP contribution in [-0.4, -0.2) is 18.8 Å². The van der Waals surface area contributed by atoms with Gasteiger partial charge in [-0.05, 0) is 37.0 Å². The third-order valence-corrected chi connectivity index (χ3v) is 2.85. The molecular weight excluding hydrogens is 293 g/mol. The normalized spacial score (nSPS) is 10.5. The summed E-state index contributed by atoms with van der Waals surface area (Å²) >= 11 is 0. The third kappa shape index (κ3) is 9.21. The van der Waals surface area contributed by atoms with E-state index in [0.717, 1.165) is 24.8 Å². The molecule has 0 radical (unpaired) electrons. The highest BCUT2D eigenvalue weighted by Crippen LogP contribution is 2.21. The van der Waals surface area contributed by atoms with Crippen molar-refractivity contribution in [2.24, 2.45) is 0 Å². The maximum Gasteiger partial charge on any atom is 0.389 e. The van der Waals surface area contributed by atoms with Crippen molar-refractivity contribution >= 4 is 5.97 Å². The first-order valence-corrected chi connectivity index (χ1v) is 7.25. The van der Waals surface area contributed by atoms with E-state index in [-0.39, 0.29) is 13.0 Å². The molecule has 0 saturated heterocycles. The van der Waals surface area contributed by atoms with Crippen molar-refractivity contribution in [3.63, 3.8) is 0 Å². The monoisotopic (exact) mass is 316 g/mol. The molecule has 0 N–H and O–H groups in total. The first kappa shape index (κ1) is 20.2. The number of hydrogen-bond donors (Lipinski definition) is 0. The number of carbonyl (C=O) groups excluding carboxylic acids is 1. The Balaban J connectivity index is 0.00000211. The molecule has 0 bridgehead atoms. The Kier molecular flexibility index (Phi) is 10.00. The topological polar surface area (TPSA) is 26.3 Å². The van der Waals surface area contributed by atoms with Gasteiger partial charge in [0.2, 0.25) is 0 Å². The van der Waals surface area contributed by atoms with E-state index < -0.39 is 18.6 Å². The van der Waals surface area contributed by atoms with Crippen LogP contribution >= 0.6 is 0 Å². The largest absolute Gasteiger partial charge is 0.462 e. The Morgan fingerprint density at radius 1 is 1.14 bits per heavy atom. The van der Waals surface area contributed by atoms with Gasteiger partial charge in [0.1, 0.15) is 0 Å². The second-order valence-corrected chi connectivity index (χ2v) is 4.66. The predicted octanol–water partition coefficient (Wildman–Crippen LogP) is 5.33. The number of rotatable bonds is 7. The van der Waals surface area contributed by atoms with Crippen molar-refractivity contribution in [2.45, 2.75) is 45.2 Å². The lowest BCUT2D eigenvalue weighted by molar-refractivity contribution is -0.137. The summed E-state index contributed by atoms with van der Waals surface area (Å²) in [5.74, 6) is -0.575. The number of ether oxygens (including phenoxy) is 1. The highest BCUT2D eigenvalue weighted by Gasteiger charge is 2.26. The number of alkyl halides is 3. The van der Waals surface area contributed by atoms with E-state index in [4.69, 9.17) is 4.74 Å². The fourth-order valence-electron chi connectivity index (χ4n) is 1.71. The first-order chi connectivity index (χ1) is 10.4. The molecule has 0 fully saturated rings. The number of esters is 1. The Morgan fingerprint density at radius 2 is 1.73 bits per heavy atom. The fraction of sp³-hybridized carbons (Fsp3) is 0.471. The maximum atomic E-state index is 11.9. The average Bonchev–Trinajstić information content (AvgIpc) is 2.51. The molecule has 2 nitrogen and oxygen atoms in total. The van der Waals surface area contributed by atoms with Crippen molar-refractivity contribution in [3.05, 3.63) is 48.6 Å². The summed E-state index contributed by atoms with van der Waals surface area (Å²) in [7, 11) is 0. The van der Waals surface area contributed by atoms with Crippen LogP contribution in [0.1, 0.15) is 48.5 Å². The molecule has 1 aromatic carbocycles. The molecule has 124 valence electrons. The Morgan fingerprint density at radius 3 is 2.23 bits per heavy atom. The van der Waals surface area contributed by atoms with Crippen LogP contribution in [0.3, 0.4) is 0 Å². The molecule has 0 aromatic heterocycles. The van der Waals surface area contributed by atoms with Crippen molar-refractivity contribution in [3.8, 4) is 0 Å². The number of hydrogen-bond acceptors (Lipinski definition) is 2. The molecule has 0 atom stereocenters. The number of unbranched alkanes of at least 4 members (excludes halogenated alkanes) is 1. The van der Waals surface area contributed by atoms with Gasteiger partial charge in [0, 0.05) is 6.42 Å². The van der Waals surface area contributed by atoms with Gasteiger partial charge in [-0.2, -0.15) is 13.2 Å². The predicted molar refractivity (Wildman–Crippen MR) is 81.9 cm³/mol. The van der Waals surface area contributed by atoms with E-state index in [2.05, 4.69) is 20.1 Å². The van der Waals surface area contributed by atoms with E-state index in [9.17, 15) is 18.0 Å². The van der Waals surface area contributed by atoms with Crippen molar-refractivity contribution in [1.29, 1.82) is 0 Å². The van der Waals surface area contributed by atoms with Crippen LogP contribution in [0.25, 0.3) is 0 Å². The van der Waals surface area contributed by atoms with E-state index in [0.29, 0.717) is 5.56 Å². The number of benzene rings is 1. The third-order valence-electron chi connectivity index (χ3n) is 2.85. The van der Waals surface area contributed by atoms with Gasteiger partial charge < -0.3 is 4.74 Å². The zero-order valence-electron chi connectivity index (χ0n) is 12.9. The van der Waals surface area contributed by atoms with Crippen molar-refractivity contribution in [1.82, 2.24) is 0 Å². The molecule has 0 heterocycles. The molecule has 5 heteroatoms. The quantitative estimate of drug-likeness (QED) is 0.386. The Bertz CT molecular complexity index is 425. The smallest absolute Gasteiger partial charge is 0.389 e. The Hall–Kier alpha value is -1.78. The fourth-order valence-corrected chi connectivity index (χ4v) is 1.71. The summed E-state index contributed by atoms with van der Waals surface area (Å²) in [4.78, 5) is 11.6. The minimum absolute atomic E-state index is 0.205. The van der Waals surface area contributed by atoms with Gasteiger partial charge in [-0.15, -0.1) is 13.2 Å². The first-order valence-electron chi connectivity index (χ1n) is 7.25. The van der Waals surface area contributed by atoms with Crippen LogP contribution in [0.5, 0.6) is 0 Å². The lowest BCUT2D eigenvalue weighted by Crippen LogP contribution is -2.11. The van der Waals surface area contributed by atoms with E-state index >= 15 is 0 Å². The van der Waals surface area contributed by atoms with Gasteiger partial charge in [-0.3, -0.25) is 0 Å². The maximum absolute atomic E-state index is 11.9. The summed E-state index contributed by atoms with van der Waals surface area (Å²) in [6, 6.07) is 7.00. The highest BCUT2D eigenvalue weighted by molar-refractivity contribution is 5.89. The highest BCUT2D eigenvalue weighted by atomic mass is 19.4. The zero-order chi connectivity index (χ0) is 17.0. The minimum Gasteiger partial charge on any atom is -0.462 e. The molecule has 0 unspecified atom stereocenters. The van der Waals surface area contributed by atoms with Crippen molar-refractivity contribution in [2.75, 3.05) is 6.61 Å². The summed E-state index contributed by atoms with van der Waals surface area (Å²) < 4.78 is 40.5. The lowest BCUT2D eigenvalue weighted by Gasteiger charge is -2.07. The van der Waals surface area contributed by atoms with Crippen LogP contribution in [0.15, 0.2) is 37.4 Å². The van der Waals surface area contributed by atoms with Crippen LogP contribution in [0.4, 0.5) is 13.2 Å². The second-order valence-electron chi connectivity index (χ2n) is 4.66. The molecule has 1 rings (SSSR count). The molecule has 0 aliphatic carbocycles. The summed E-state index contributed by atoms with van der Waals surface area (Å²) in [5.41, 5.74) is 1.51. The van der Waals surface area contributed by atoms with Gasteiger partial charge in [0.05, 0.1) is 12.2 Å². The molecule has 0 aliphatic rings. The van der Waals surface area contributed by atoms with Gasteiger partial charge in [0.15, 0.2) is 0 Å². The zero-order valence-corrected chi connectivity index (χ0v) is 12.9. The van der Waals surface area contributed by atoms with Crippen LogP contribution in [0, 0.1) is 0 Å². The van der Waals surface area contributed by atoms with Gasteiger partial charge >= 0.3 is 12.1 Å².